The first-order chi connectivity index (χ1) is 15.2. The molecule has 1 aromatic carbocycles. The number of fused-ring (bicyclic) bond motifs is 3. The molecule has 3 aliphatic rings. The molecule has 5 nitrogen and oxygen atoms in total. The fourth-order valence-corrected chi connectivity index (χ4v) is 6.15. The maximum Gasteiger partial charge on any atom is 0.251 e. The van der Waals surface area contributed by atoms with Crippen LogP contribution < -0.4 is 15.8 Å². The smallest absolute Gasteiger partial charge is 0.251 e. The summed E-state index contributed by atoms with van der Waals surface area (Å²) < 4.78 is 2.06. The van der Waals surface area contributed by atoms with Crippen molar-refractivity contribution in [2.75, 3.05) is 23.3 Å². The molecule has 3 aromatic rings. The fourth-order valence-electron chi connectivity index (χ4n) is 6.15. The molecule has 31 heavy (non-hydrogen) atoms. The van der Waals surface area contributed by atoms with Crippen LogP contribution >= 0.6 is 0 Å². The highest BCUT2D eigenvalue weighted by atomic mass is 16.1. The second kappa shape index (κ2) is 7.70. The average molecular weight is 415 g/mol. The number of pyridine rings is 2. The molecule has 3 heterocycles. The number of aromatic nitrogens is 2. The van der Waals surface area contributed by atoms with E-state index in [9.17, 15) is 4.79 Å². The number of nitrogens with one attached hydrogen (secondary N) is 1. The molecule has 5 heteroatoms. The molecule has 160 valence electrons. The van der Waals surface area contributed by atoms with Gasteiger partial charge in [0.15, 0.2) is 0 Å². The van der Waals surface area contributed by atoms with Gasteiger partial charge in [-0.1, -0.05) is 6.42 Å². The largest absolute Gasteiger partial charge is 0.372 e. The lowest BCUT2D eigenvalue weighted by Crippen LogP contribution is -2.29. The molecule has 0 spiro atoms. The highest BCUT2D eigenvalue weighted by Gasteiger charge is 2.41. The van der Waals surface area contributed by atoms with Gasteiger partial charge in [-0.05, 0) is 80.7 Å². The Labute approximate surface area is 183 Å². The van der Waals surface area contributed by atoms with Crippen LogP contribution in [-0.4, -0.2) is 22.6 Å². The molecule has 2 bridgehead atoms. The zero-order valence-corrected chi connectivity index (χ0v) is 18.0. The van der Waals surface area contributed by atoms with E-state index in [0.29, 0.717) is 12.0 Å². The third-order valence-corrected chi connectivity index (χ3v) is 7.71. The molecular formula is C26H30N4O. The van der Waals surface area contributed by atoms with Crippen LogP contribution in [0, 0.1) is 11.8 Å². The summed E-state index contributed by atoms with van der Waals surface area (Å²) in [6, 6.07) is 14.7. The molecular weight excluding hydrogens is 384 g/mol. The van der Waals surface area contributed by atoms with Crippen molar-refractivity contribution in [2.24, 2.45) is 11.8 Å². The summed E-state index contributed by atoms with van der Waals surface area (Å²) >= 11 is 0. The third-order valence-electron chi connectivity index (χ3n) is 7.71. The highest BCUT2D eigenvalue weighted by molar-refractivity contribution is 5.81. The predicted molar refractivity (Wildman–Crippen MR) is 126 cm³/mol. The van der Waals surface area contributed by atoms with E-state index in [1.807, 2.05) is 12.3 Å². The molecule has 1 saturated heterocycles. The van der Waals surface area contributed by atoms with Gasteiger partial charge in [-0.3, -0.25) is 4.79 Å². The Morgan fingerprint density at radius 2 is 1.77 bits per heavy atom. The minimum absolute atomic E-state index is 0.119. The number of hydrogen-bond acceptors (Lipinski definition) is 4. The Bertz CT molecular complexity index is 1150. The third kappa shape index (κ3) is 3.50. The van der Waals surface area contributed by atoms with E-state index >= 15 is 0 Å². The molecule has 0 radical (unpaired) electrons. The standard InChI is InChI=1S/C26H30N4O/c31-26-11-6-20-17-27-25(16-24(20)30(26)23-15-18-4-5-19(23)14-18)28-21-7-9-22(10-8-21)29-12-2-1-3-13-29/h6-11,16-19,23H,1-5,12-15H2,(H,27,28). The van der Waals surface area contributed by atoms with Crippen LogP contribution in [0.15, 0.2) is 53.5 Å². The van der Waals surface area contributed by atoms with Crippen molar-refractivity contribution < 1.29 is 0 Å². The number of rotatable bonds is 4. The molecule has 6 rings (SSSR count). The molecule has 3 fully saturated rings. The maximum absolute atomic E-state index is 12.9. The quantitative estimate of drug-likeness (QED) is 0.613. The van der Waals surface area contributed by atoms with Gasteiger partial charge in [-0.2, -0.15) is 0 Å². The number of anilines is 3. The summed E-state index contributed by atoms with van der Waals surface area (Å²) in [5.41, 5.74) is 3.44. The summed E-state index contributed by atoms with van der Waals surface area (Å²) in [5.74, 6) is 2.25. The summed E-state index contributed by atoms with van der Waals surface area (Å²) in [6.45, 7) is 2.30. The fraction of sp³-hybridized carbons (Fsp3) is 0.462. The topological polar surface area (TPSA) is 50.2 Å². The Balaban J connectivity index is 1.29. The van der Waals surface area contributed by atoms with Gasteiger partial charge in [-0.15, -0.1) is 0 Å². The van der Waals surface area contributed by atoms with E-state index in [1.165, 1.54) is 44.2 Å². The SMILES string of the molecule is O=c1ccc2cnc(Nc3ccc(N4CCCCC4)cc3)cc2n1C1CC2CCC1C2. The lowest BCUT2D eigenvalue weighted by molar-refractivity contribution is 0.330. The monoisotopic (exact) mass is 414 g/mol. The molecule has 3 unspecified atom stereocenters. The molecule has 2 aliphatic carbocycles. The van der Waals surface area contributed by atoms with Gasteiger partial charge >= 0.3 is 0 Å². The average Bonchev–Trinajstić information content (AvgIpc) is 3.44. The first-order valence-corrected chi connectivity index (χ1v) is 11.9. The van der Waals surface area contributed by atoms with Crippen LogP contribution in [0.5, 0.6) is 0 Å². The summed E-state index contributed by atoms with van der Waals surface area (Å²) in [5, 5.41) is 4.49. The van der Waals surface area contributed by atoms with Gasteiger partial charge in [0, 0.05) is 54.2 Å². The first kappa shape index (κ1) is 18.9. The Morgan fingerprint density at radius 1 is 0.935 bits per heavy atom. The van der Waals surface area contributed by atoms with E-state index < -0.39 is 0 Å². The maximum atomic E-state index is 12.9. The van der Waals surface area contributed by atoms with Crippen LogP contribution in [-0.2, 0) is 0 Å². The van der Waals surface area contributed by atoms with Gasteiger partial charge in [0.25, 0.3) is 5.56 Å². The van der Waals surface area contributed by atoms with E-state index in [-0.39, 0.29) is 5.56 Å². The highest BCUT2D eigenvalue weighted by Crippen LogP contribution is 2.50. The van der Waals surface area contributed by atoms with Crippen LogP contribution in [0.4, 0.5) is 17.2 Å². The van der Waals surface area contributed by atoms with Crippen molar-refractivity contribution in [1.29, 1.82) is 0 Å². The van der Waals surface area contributed by atoms with Crippen molar-refractivity contribution in [3.05, 3.63) is 59.0 Å². The second-order valence-corrected chi connectivity index (χ2v) is 9.63. The minimum Gasteiger partial charge on any atom is -0.372 e. The number of piperidine rings is 1. The summed E-state index contributed by atoms with van der Waals surface area (Å²) in [6.07, 6.45) is 10.8. The normalized spacial score (nSPS) is 25.3. The van der Waals surface area contributed by atoms with E-state index in [0.717, 1.165) is 47.8 Å². The molecule has 2 saturated carbocycles. The lowest BCUT2D eigenvalue weighted by Gasteiger charge is -2.28. The zero-order chi connectivity index (χ0) is 20.8. The van der Waals surface area contributed by atoms with Gasteiger partial charge in [0.2, 0.25) is 0 Å². The number of hydrogen-bond donors (Lipinski definition) is 1. The summed E-state index contributed by atoms with van der Waals surface area (Å²) in [7, 11) is 0. The Morgan fingerprint density at radius 3 is 2.52 bits per heavy atom. The summed E-state index contributed by atoms with van der Waals surface area (Å²) in [4.78, 5) is 20.0. The second-order valence-electron chi connectivity index (χ2n) is 9.63. The zero-order valence-electron chi connectivity index (χ0n) is 18.0. The molecule has 1 aliphatic heterocycles. The van der Waals surface area contributed by atoms with E-state index in [2.05, 4.69) is 50.1 Å². The Kier molecular flexibility index (Phi) is 4.70. The molecule has 1 N–H and O–H groups in total. The van der Waals surface area contributed by atoms with Crippen molar-refractivity contribution in [3.8, 4) is 0 Å². The van der Waals surface area contributed by atoms with Crippen molar-refractivity contribution in [3.63, 3.8) is 0 Å². The van der Waals surface area contributed by atoms with E-state index in [1.54, 1.807) is 6.07 Å². The van der Waals surface area contributed by atoms with Gasteiger partial charge in [-0.25, -0.2) is 4.98 Å². The van der Waals surface area contributed by atoms with Crippen molar-refractivity contribution in [1.82, 2.24) is 9.55 Å². The van der Waals surface area contributed by atoms with Crippen LogP contribution in [0.3, 0.4) is 0 Å². The van der Waals surface area contributed by atoms with Gasteiger partial charge in [0.1, 0.15) is 5.82 Å². The van der Waals surface area contributed by atoms with Crippen LogP contribution in [0.25, 0.3) is 10.9 Å². The van der Waals surface area contributed by atoms with E-state index in [4.69, 9.17) is 0 Å². The van der Waals surface area contributed by atoms with Crippen LogP contribution in [0.1, 0.15) is 51.0 Å². The Hall–Kier alpha value is -2.82. The minimum atomic E-state index is 0.119. The predicted octanol–water partition coefficient (Wildman–Crippen LogP) is 5.49. The number of nitrogens with zero attached hydrogens (tertiary/aromatic N) is 3. The lowest BCUT2D eigenvalue weighted by atomic mass is 9.94. The van der Waals surface area contributed by atoms with Crippen molar-refractivity contribution >= 4 is 28.1 Å². The molecule has 0 amide bonds. The van der Waals surface area contributed by atoms with Gasteiger partial charge < -0.3 is 14.8 Å². The molecule has 2 aromatic heterocycles. The van der Waals surface area contributed by atoms with Gasteiger partial charge in [0.05, 0.1) is 5.52 Å². The van der Waals surface area contributed by atoms with Crippen molar-refractivity contribution in [2.45, 2.75) is 51.0 Å². The molecule has 3 atom stereocenters. The number of benzene rings is 1. The van der Waals surface area contributed by atoms with Crippen LogP contribution in [0.2, 0.25) is 0 Å². The first-order valence-electron chi connectivity index (χ1n) is 11.9.